The number of hydrogen-bond acceptors (Lipinski definition) is 2. The summed E-state index contributed by atoms with van der Waals surface area (Å²) in [6.07, 6.45) is 1.02. The first-order valence-corrected chi connectivity index (χ1v) is 7.01. The van der Waals surface area contributed by atoms with Gasteiger partial charge in [-0.05, 0) is 30.5 Å². The van der Waals surface area contributed by atoms with Crippen LogP contribution in [0.3, 0.4) is 0 Å². The van der Waals surface area contributed by atoms with Gasteiger partial charge in [0.1, 0.15) is 11.9 Å². The minimum absolute atomic E-state index is 0.684. The Morgan fingerprint density at radius 2 is 1.62 bits per heavy atom. The second-order valence-corrected chi connectivity index (χ2v) is 5.26. The highest BCUT2D eigenvalue weighted by atomic mass is 16.3. The Bertz CT molecular complexity index is 727. The van der Waals surface area contributed by atoms with Gasteiger partial charge in [0.15, 0.2) is 0 Å². The molecule has 0 saturated carbocycles. The number of aromatic amines is 1. The van der Waals surface area contributed by atoms with Gasteiger partial charge in [0.05, 0.1) is 11.9 Å². The molecule has 0 amide bonds. The lowest BCUT2D eigenvalue weighted by atomic mass is 9.96. The summed E-state index contributed by atoms with van der Waals surface area (Å²) in [4.78, 5) is 7.60. The third kappa shape index (κ3) is 2.60. The molecule has 0 radical (unpaired) electrons. The largest absolute Gasteiger partial charge is 0.382 e. The third-order valence-corrected chi connectivity index (χ3v) is 3.75. The molecule has 2 aromatic carbocycles. The first-order chi connectivity index (χ1) is 10.2. The van der Waals surface area contributed by atoms with Gasteiger partial charge in [-0.2, -0.15) is 0 Å². The Morgan fingerprint density at radius 3 is 2.29 bits per heavy atom. The third-order valence-electron chi connectivity index (χ3n) is 3.75. The summed E-state index contributed by atoms with van der Waals surface area (Å²) in [5.74, 6) is 0.774. The average Bonchev–Trinajstić information content (AvgIpc) is 2.97. The molecule has 0 bridgehead atoms. The van der Waals surface area contributed by atoms with Crippen LogP contribution >= 0.6 is 0 Å². The summed E-state index contributed by atoms with van der Waals surface area (Å²) in [5, 5.41) is 10.6. The van der Waals surface area contributed by atoms with Crippen molar-refractivity contribution < 1.29 is 5.11 Å². The first-order valence-electron chi connectivity index (χ1n) is 7.01. The van der Waals surface area contributed by atoms with Crippen LogP contribution < -0.4 is 0 Å². The molecule has 2 N–H and O–H groups in total. The fourth-order valence-electron chi connectivity index (χ4n) is 2.63. The van der Waals surface area contributed by atoms with E-state index in [1.165, 1.54) is 0 Å². The maximum Gasteiger partial charge on any atom is 0.137 e. The Balaban J connectivity index is 1.97. The molecular formula is C18H18N2O. The summed E-state index contributed by atoms with van der Waals surface area (Å²) < 4.78 is 0. The number of hydrogen-bond donors (Lipinski definition) is 2. The van der Waals surface area contributed by atoms with Crippen molar-refractivity contribution in [2.24, 2.45) is 0 Å². The molecule has 3 nitrogen and oxygen atoms in total. The Kier molecular flexibility index (Phi) is 3.59. The number of H-pyrrole nitrogens is 1. The van der Waals surface area contributed by atoms with E-state index in [4.69, 9.17) is 0 Å². The number of aromatic nitrogens is 2. The van der Waals surface area contributed by atoms with E-state index >= 15 is 0 Å². The number of nitrogens with one attached hydrogen (secondary N) is 1. The van der Waals surface area contributed by atoms with Crippen LogP contribution in [0, 0.1) is 13.8 Å². The number of nitrogens with zero attached hydrogens (tertiary/aromatic N) is 1. The fraction of sp³-hybridized carbons (Fsp3) is 0.167. The molecule has 3 rings (SSSR count). The van der Waals surface area contributed by atoms with Crippen LogP contribution in [0.15, 0.2) is 54.7 Å². The fourth-order valence-corrected chi connectivity index (χ4v) is 2.63. The maximum absolute atomic E-state index is 10.6. The highest BCUT2D eigenvalue weighted by Gasteiger charge is 2.17. The Hall–Kier alpha value is -2.39. The molecule has 106 valence electrons. The van der Waals surface area contributed by atoms with Crippen LogP contribution in [0.4, 0.5) is 0 Å². The van der Waals surface area contributed by atoms with Gasteiger partial charge in [0.2, 0.25) is 0 Å². The zero-order valence-corrected chi connectivity index (χ0v) is 12.2. The van der Waals surface area contributed by atoms with Crippen molar-refractivity contribution in [1.29, 1.82) is 0 Å². The van der Waals surface area contributed by atoms with Gasteiger partial charge in [-0.1, -0.05) is 48.5 Å². The number of aliphatic hydroxyl groups is 1. The lowest BCUT2D eigenvalue weighted by molar-refractivity contribution is 0.214. The van der Waals surface area contributed by atoms with Gasteiger partial charge >= 0.3 is 0 Å². The molecule has 1 heterocycles. The first kappa shape index (κ1) is 13.6. The summed E-state index contributed by atoms with van der Waals surface area (Å²) in [7, 11) is 0. The maximum atomic E-state index is 10.6. The summed E-state index contributed by atoms with van der Waals surface area (Å²) in [5.41, 5.74) is 4.83. The molecule has 0 fully saturated rings. The second-order valence-electron chi connectivity index (χ2n) is 5.26. The van der Waals surface area contributed by atoms with Gasteiger partial charge in [0, 0.05) is 5.56 Å². The highest BCUT2D eigenvalue weighted by Crippen LogP contribution is 2.28. The van der Waals surface area contributed by atoms with E-state index in [1.54, 1.807) is 6.20 Å². The van der Waals surface area contributed by atoms with Crippen LogP contribution in [-0.4, -0.2) is 15.1 Å². The number of rotatable bonds is 3. The van der Waals surface area contributed by atoms with Crippen molar-refractivity contribution in [1.82, 2.24) is 9.97 Å². The van der Waals surface area contributed by atoms with E-state index in [9.17, 15) is 5.11 Å². The smallest absolute Gasteiger partial charge is 0.137 e. The molecule has 21 heavy (non-hydrogen) atoms. The standard InChI is InChI=1S/C18H18N2O/c1-12-7-6-8-13(2)16(12)17(21)15-11-19-18(20-15)14-9-4-3-5-10-14/h3-11,17,21H,1-2H3,(H,19,20). The van der Waals surface area contributed by atoms with E-state index in [-0.39, 0.29) is 0 Å². The van der Waals surface area contributed by atoms with Crippen LogP contribution in [0.5, 0.6) is 0 Å². The van der Waals surface area contributed by atoms with Gasteiger partial charge < -0.3 is 10.1 Å². The zero-order valence-electron chi connectivity index (χ0n) is 12.2. The number of aliphatic hydroxyl groups excluding tert-OH is 1. The van der Waals surface area contributed by atoms with Crippen LogP contribution in [-0.2, 0) is 0 Å². The average molecular weight is 278 g/mol. The molecular weight excluding hydrogens is 260 g/mol. The van der Waals surface area contributed by atoms with E-state index in [0.29, 0.717) is 5.69 Å². The quantitative estimate of drug-likeness (QED) is 0.766. The molecule has 0 aliphatic carbocycles. The molecule has 3 aromatic rings. The van der Waals surface area contributed by atoms with E-state index in [0.717, 1.165) is 28.1 Å². The monoisotopic (exact) mass is 278 g/mol. The zero-order chi connectivity index (χ0) is 14.8. The lowest BCUT2D eigenvalue weighted by Crippen LogP contribution is -2.04. The summed E-state index contributed by atoms with van der Waals surface area (Å²) >= 11 is 0. The van der Waals surface area contributed by atoms with Crippen molar-refractivity contribution in [3.63, 3.8) is 0 Å². The normalized spacial score (nSPS) is 12.3. The SMILES string of the molecule is Cc1cccc(C)c1C(O)c1cnc(-c2ccccc2)[nH]1. The van der Waals surface area contributed by atoms with Crippen molar-refractivity contribution in [3.05, 3.63) is 77.1 Å². The molecule has 0 aliphatic heterocycles. The predicted octanol–water partition coefficient (Wildman–Crippen LogP) is 3.78. The Labute approximate surface area is 124 Å². The van der Waals surface area contributed by atoms with Gasteiger partial charge in [-0.3, -0.25) is 0 Å². The van der Waals surface area contributed by atoms with Crippen molar-refractivity contribution in [2.45, 2.75) is 20.0 Å². The minimum atomic E-state index is -0.684. The van der Waals surface area contributed by atoms with E-state index in [2.05, 4.69) is 9.97 Å². The van der Waals surface area contributed by atoms with E-state index in [1.807, 2.05) is 62.4 Å². The topological polar surface area (TPSA) is 48.9 Å². The molecule has 0 spiro atoms. The minimum Gasteiger partial charge on any atom is -0.382 e. The number of benzene rings is 2. The Morgan fingerprint density at radius 1 is 0.952 bits per heavy atom. The molecule has 1 atom stereocenters. The van der Waals surface area contributed by atoms with Crippen molar-refractivity contribution >= 4 is 0 Å². The number of aryl methyl sites for hydroxylation is 2. The van der Waals surface area contributed by atoms with Gasteiger partial charge in [-0.15, -0.1) is 0 Å². The molecule has 3 heteroatoms. The van der Waals surface area contributed by atoms with Crippen LogP contribution in [0.1, 0.15) is 28.5 Å². The number of imidazole rings is 1. The van der Waals surface area contributed by atoms with Crippen molar-refractivity contribution in [3.8, 4) is 11.4 Å². The van der Waals surface area contributed by atoms with E-state index < -0.39 is 6.10 Å². The summed E-state index contributed by atoms with van der Waals surface area (Å²) in [6.45, 7) is 4.03. The molecule has 0 aliphatic rings. The predicted molar refractivity (Wildman–Crippen MR) is 84.0 cm³/mol. The van der Waals surface area contributed by atoms with Crippen molar-refractivity contribution in [2.75, 3.05) is 0 Å². The van der Waals surface area contributed by atoms with Gasteiger partial charge in [-0.25, -0.2) is 4.98 Å². The highest BCUT2D eigenvalue weighted by molar-refractivity contribution is 5.55. The van der Waals surface area contributed by atoms with Crippen LogP contribution in [0.2, 0.25) is 0 Å². The second kappa shape index (κ2) is 5.54. The molecule has 1 unspecified atom stereocenters. The molecule has 1 aromatic heterocycles. The molecule has 0 saturated heterocycles. The van der Waals surface area contributed by atoms with Crippen LogP contribution in [0.25, 0.3) is 11.4 Å². The lowest BCUT2D eigenvalue weighted by Gasteiger charge is -2.15. The summed E-state index contributed by atoms with van der Waals surface area (Å²) in [6, 6.07) is 15.9. The van der Waals surface area contributed by atoms with Gasteiger partial charge in [0.25, 0.3) is 0 Å².